The number of aliphatic carboxylic acids is 1. The topological polar surface area (TPSA) is 66.4 Å². The van der Waals surface area contributed by atoms with Gasteiger partial charge in [0.1, 0.15) is 0 Å². The lowest BCUT2D eigenvalue weighted by Crippen LogP contribution is -2.62. The van der Waals surface area contributed by atoms with Crippen molar-refractivity contribution < 1.29 is 45.8 Å². The van der Waals surface area contributed by atoms with Crippen LogP contribution in [0.2, 0.25) is 0 Å². The van der Waals surface area contributed by atoms with Crippen LogP contribution in [0.15, 0.2) is 0 Å². The van der Waals surface area contributed by atoms with E-state index < -0.39 is 42.2 Å². The Morgan fingerprint density at radius 2 is 1.41 bits per heavy atom. The minimum atomic E-state index is -6.13. The van der Waals surface area contributed by atoms with Gasteiger partial charge in [-0.1, -0.05) is 19.3 Å². The van der Waals surface area contributed by atoms with Gasteiger partial charge in [0.2, 0.25) is 0 Å². The molecule has 1 saturated carbocycles. The highest BCUT2D eigenvalue weighted by Gasteiger charge is 2.74. The van der Waals surface area contributed by atoms with Crippen LogP contribution in [0.3, 0.4) is 0 Å². The second-order valence-corrected chi connectivity index (χ2v) is 5.13. The van der Waals surface area contributed by atoms with E-state index in [9.17, 15) is 41.0 Å². The molecule has 10 heteroatoms. The third-order valence-corrected chi connectivity index (χ3v) is 3.52. The van der Waals surface area contributed by atoms with E-state index in [2.05, 4.69) is 4.74 Å². The number of alkyl halides is 6. The van der Waals surface area contributed by atoms with Crippen molar-refractivity contribution in [3.05, 3.63) is 0 Å². The van der Waals surface area contributed by atoms with Crippen LogP contribution in [0.1, 0.15) is 38.5 Å². The highest BCUT2D eigenvalue weighted by Crippen LogP contribution is 2.48. The first kappa shape index (κ1) is 18.6. The monoisotopic (exact) mass is 335 g/mol. The molecule has 0 unspecified atom stereocenters. The predicted molar refractivity (Wildman–Crippen MR) is 57.1 cm³/mol. The fourth-order valence-electron chi connectivity index (χ4n) is 2.31. The van der Waals surface area contributed by atoms with Crippen molar-refractivity contribution in [1.29, 1.82) is 0 Å². The summed E-state index contributed by atoms with van der Waals surface area (Å²) in [5, 5.41) is 10.4. The van der Waals surface area contributed by atoms with E-state index in [1.807, 2.05) is 0 Å². The van der Waals surface area contributed by atoms with Gasteiger partial charge in [-0.25, -0.2) is 0 Å². The van der Waals surface area contributed by atoms with Crippen LogP contribution in [0.5, 0.6) is 0 Å². The SMILES string of the molecule is O=C([O-])CC(OC(=O)C1CCCCC1)(C(F)(F)F)C(F)(F)F. The number of rotatable bonds is 4. The number of halogens is 6. The zero-order chi connectivity index (χ0) is 17.2. The molecule has 1 aliphatic carbocycles. The Bertz CT molecular complexity index is 408. The van der Waals surface area contributed by atoms with Gasteiger partial charge >= 0.3 is 23.9 Å². The summed E-state index contributed by atoms with van der Waals surface area (Å²) in [6, 6.07) is 0. The Hall–Kier alpha value is -1.48. The average molecular weight is 335 g/mol. The van der Waals surface area contributed by atoms with Crippen LogP contribution in [0.4, 0.5) is 26.3 Å². The van der Waals surface area contributed by atoms with E-state index in [4.69, 9.17) is 0 Å². The quantitative estimate of drug-likeness (QED) is 0.583. The molecule has 1 fully saturated rings. The first-order chi connectivity index (χ1) is 9.91. The summed E-state index contributed by atoms with van der Waals surface area (Å²) in [4.78, 5) is 22.0. The maximum Gasteiger partial charge on any atom is 0.437 e. The predicted octanol–water partition coefficient (Wildman–Crippen LogP) is 2.11. The van der Waals surface area contributed by atoms with Crippen LogP contribution in [0, 0.1) is 5.92 Å². The van der Waals surface area contributed by atoms with Crippen molar-refractivity contribution in [1.82, 2.24) is 0 Å². The van der Waals surface area contributed by atoms with Crippen molar-refractivity contribution in [2.45, 2.75) is 56.5 Å². The van der Waals surface area contributed by atoms with E-state index in [-0.39, 0.29) is 12.8 Å². The third kappa shape index (κ3) is 3.83. The molecule has 0 saturated heterocycles. The van der Waals surface area contributed by atoms with Crippen molar-refractivity contribution in [3.63, 3.8) is 0 Å². The molecule has 0 aliphatic heterocycles. The Balaban J connectivity index is 3.13. The van der Waals surface area contributed by atoms with E-state index in [1.165, 1.54) is 0 Å². The molecule has 0 aromatic heterocycles. The molecule has 1 rings (SSSR count). The standard InChI is InChI=1S/C12H14F6O4/c13-11(14,15)10(6-8(19)20,12(16,17)18)22-9(21)7-4-2-1-3-5-7/h7H,1-6H2,(H,19,20)/p-1. The summed E-state index contributed by atoms with van der Waals surface area (Å²) in [6.07, 6.45) is -12.9. The zero-order valence-corrected chi connectivity index (χ0v) is 11.2. The van der Waals surface area contributed by atoms with Crippen LogP contribution in [-0.2, 0) is 14.3 Å². The lowest BCUT2D eigenvalue weighted by Gasteiger charge is -2.38. The molecule has 0 aromatic rings. The third-order valence-electron chi connectivity index (χ3n) is 3.52. The van der Waals surface area contributed by atoms with Gasteiger partial charge in [-0.15, -0.1) is 0 Å². The van der Waals surface area contributed by atoms with Crippen LogP contribution >= 0.6 is 0 Å². The second kappa shape index (κ2) is 6.33. The Morgan fingerprint density at radius 1 is 0.955 bits per heavy atom. The van der Waals surface area contributed by atoms with Gasteiger partial charge in [0.15, 0.2) is 0 Å². The molecular formula is C12H13F6O4-. The smallest absolute Gasteiger partial charge is 0.437 e. The summed E-state index contributed by atoms with van der Waals surface area (Å²) >= 11 is 0. The normalized spacial score (nSPS) is 18.1. The van der Waals surface area contributed by atoms with Crippen LogP contribution in [0.25, 0.3) is 0 Å². The molecule has 0 amide bonds. The van der Waals surface area contributed by atoms with Gasteiger partial charge < -0.3 is 14.6 Å². The van der Waals surface area contributed by atoms with Gasteiger partial charge in [-0.3, -0.25) is 4.79 Å². The number of carboxylic acids is 1. The number of hydrogen-bond acceptors (Lipinski definition) is 4. The van der Waals surface area contributed by atoms with Crippen molar-refractivity contribution >= 4 is 11.9 Å². The van der Waals surface area contributed by atoms with Gasteiger partial charge in [-0.2, -0.15) is 26.3 Å². The number of carbonyl (C=O) groups is 2. The zero-order valence-electron chi connectivity index (χ0n) is 11.2. The fraction of sp³-hybridized carbons (Fsp3) is 0.833. The van der Waals surface area contributed by atoms with E-state index in [1.54, 1.807) is 0 Å². The molecule has 0 aromatic carbocycles. The van der Waals surface area contributed by atoms with Crippen molar-refractivity contribution in [2.75, 3.05) is 0 Å². The van der Waals surface area contributed by atoms with Crippen LogP contribution in [-0.4, -0.2) is 29.9 Å². The van der Waals surface area contributed by atoms with Gasteiger partial charge in [0.05, 0.1) is 5.92 Å². The molecule has 0 N–H and O–H groups in total. The lowest BCUT2D eigenvalue weighted by atomic mass is 9.89. The van der Waals surface area contributed by atoms with Gasteiger partial charge in [0, 0.05) is 12.4 Å². The first-order valence-electron chi connectivity index (χ1n) is 6.47. The minimum Gasteiger partial charge on any atom is -0.550 e. The molecule has 128 valence electrons. The van der Waals surface area contributed by atoms with Crippen molar-refractivity contribution in [3.8, 4) is 0 Å². The Labute approximate surface area is 121 Å². The average Bonchev–Trinajstić information content (AvgIpc) is 2.35. The van der Waals surface area contributed by atoms with E-state index in [0.29, 0.717) is 19.3 Å². The molecule has 4 nitrogen and oxygen atoms in total. The molecule has 0 radical (unpaired) electrons. The van der Waals surface area contributed by atoms with Crippen molar-refractivity contribution in [2.24, 2.45) is 5.92 Å². The van der Waals surface area contributed by atoms with E-state index in [0.717, 1.165) is 0 Å². The second-order valence-electron chi connectivity index (χ2n) is 5.13. The maximum atomic E-state index is 12.9. The molecular weight excluding hydrogens is 322 g/mol. The summed E-state index contributed by atoms with van der Waals surface area (Å²) in [7, 11) is 0. The molecule has 0 bridgehead atoms. The number of carboxylic acid groups (broad SMARTS) is 1. The van der Waals surface area contributed by atoms with E-state index >= 15 is 0 Å². The summed E-state index contributed by atoms with van der Waals surface area (Å²) < 4.78 is 80.9. The summed E-state index contributed by atoms with van der Waals surface area (Å²) in [5.41, 5.74) is -5.09. The molecule has 0 spiro atoms. The first-order valence-corrected chi connectivity index (χ1v) is 6.47. The number of carbonyl (C=O) groups excluding carboxylic acids is 2. The molecule has 0 heterocycles. The number of ether oxygens (including phenoxy) is 1. The summed E-state index contributed by atoms with van der Waals surface area (Å²) in [5.74, 6) is -5.40. The molecule has 22 heavy (non-hydrogen) atoms. The number of esters is 1. The highest BCUT2D eigenvalue weighted by atomic mass is 19.4. The highest BCUT2D eigenvalue weighted by molar-refractivity contribution is 5.74. The molecule has 0 atom stereocenters. The largest absolute Gasteiger partial charge is 0.550 e. The Kier molecular flexibility index (Phi) is 5.34. The lowest BCUT2D eigenvalue weighted by molar-refractivity contribution is -0.381. The van der Waals surface area contributed by atoms with Gasteiger partial charge in [-0.05, 0) is 12.8 Å². The maximum absolute atomic E-state index is 12.9. The minimum absolute atomic E-state index is 0.107. The fourth-order valence-corrected chi connectivity index (χ4v) is 2.31. The molecule has 1 aliphatic rings. The summed E-state index contributed by atoms with van der Waals surface area (Å²) in [6.45, 7) is 0. The number of hydrogen-bond donors (Lipinski definition) is 0. The Morgan fingerprint density at radius 3 is 1.77 bits per heavy atom. The van der Waals surface area contributed by atoms with Crippen LogP contribution < -0.4 is 5.11 Å². The van der Waals surface area contributed by atoms with Gasteiger partial charge in [0.25, 0.3) is 0 Å².